The predicted octanol–water partition coefficient (Wildman–Crippen LogP) is 17.0. The van der Waals surface area contributed by atoms with Crippen molar-refractivity contribution in [3.63, 3.8) is 0 Å². The van der Waals surface area contributed by atoms with E-state index in [1.54, 1.807) is 0 Å². The molecule has 2 aliphatic rings. The monoisotopic (exact) mass is 1040 g/mol. The number of rotatable bonds is 50. The Kier molecular flexibility index (Phi) is 37.0. The first-order valence-corrected chi connectivity index (χ1v) is 32.8. The molecule has 2 fully saturated rings. The van der Waals surface area contributed by atoms with Crippen molar-refractivity contribution in [1.29, 1.82) is 0 Å². The van der Waals surface area contributed by atoms with Crippen LogP contribution in [-0.4, -0.2) is 46.7 Å². The number of epoxide rings is 1. The van der Waals surface area contributed by atoms with Gasteiger partial charge in [-0.3, -0.25) is 13.6 Å². The molecule has 2 heterocycles. The third-order valence-corrected chi connectivity index (χ3v) is 18.2. The molecule has 0 bridgehead atoms. The zero-order chi connectivity index (χ0) is 48.8. The summed E-state index contributed by atoms with van der Waals surface area (Å²) in [5, 5.41) is 3.90. The Labute approximate surface area is 406 Å². The fourth-order valence-electron chi connectivity index (χ4n) is 8.55. The summed E-state index contributed by atoms with van der Waals surface area (Å²) in [5.74, 6) is 0.0154. The Morgan fingerprint density at radius 1 is 0.537 bits per heavy atom. The van der Waals surface area contributed by atoms with E-state index in [1.165, 1.54) is 173 Å². The largest absolute Gasteiger partial charge is 0.513 e. The Bertz CT molecular complexity index is 1390. The maximum Gasteiger partial charge on any atom is 0.513 e. The lowest BCUT2D eigenvalue weighted by atomic mass is 9.98. The van der Waals surface area contributed by atoms with E-state index in [-0.39, 0.29) is 31.3 Å². The summed E-state index contributed by atoms with van der Waals surface area (Å²) in [5.41, 5.74) is 0.271. The SMILES string of the molecule is CCC1(CCCCCCCCCCCCCCCCCCCCOP(=O)(O)OP(=O)(O)OCC(C)CCCCCCCCCCCCCCCCCCCCOP2(=O)OOOP(=O)(O)O2)CO1. The molecule has 0 aromatic carbocycles. The lowest BCUT2D eigenvalue weighted by Crippen LogP contribution is -2.08. The Balaban J connectivity index is 1.25. The number of phosphoric ester groups is 2. The van der Waals surface area contributed by atoms with Crippen molar-refractivity contribution in [3.8, 4) is 0 Å². The van der Waals surface area contributed by atoms with Gasteiger partial charge in [0.05, 0.1) is 32.0 Å². The topological polar surface area (TPSA) is 215 Å². The van der Waals surface area contributed by atoms with Gasteiger partial charge in [-0.2, -0.15) is 8.62 Å². The van der Waals surface area contributed by atoms with Crippen LogP contribution in [0.5, 0.6) is 0 Å². The molecule has 0 aromatic heterocycles. The number of hydrogen-bond acceptors (Lipinski definition) is 13. The lowest BCUT2D eigenvalue weighted by molar-refractivity contribution is -0.437. The smallest absolute Gasteiger partial charge is 0.370 e. The fraction of sp³-hybridized carbons (Fsp3) is 1.00. The Hall–Kier alpha value is 0.440. The number of unbranched alkanes of at least 4 members (excludes halogenated alkanes) is 34. The van der Waals surface area contributed by atoms with Crippen LogP contribution in [0.15, 0.2) is 0 Å². The van der Waals surface area contributed by atoms with Gasteiger partial charge < -0.3 is 19.4 Å². The molecule has 2 rings (SSSR count). The van der Waals surface area contributed by atoms with Crippen molar-refractivity contribution in [1.82, 2.24) is 0 Å². The molecule has 16 nitrogen and oxygen atoms in total. The third-order valence-electron chi connectivity index (χ3n) is 13.0. The van der Waals surface area contributed by atoms with E-state index in [0.29, 0.717) is 12.8 Å². The first-order chi connectivity index (χ1) is 32.2. The predicted molar refractivity (Wildman–Crippen MR) is 264 cm³/mol. The molecule has 6 unspecified atom stereocenters. The third kappa shape index (κ3) is 37.8. The highest BCUT2D eigenvalue weighted by atomic mass is 31.3. The molecular formula is C47H96O16P4. The van der Waals surface area contributed by atoms with Gasteiger partial charge in [0.1, 0.15) is 0 Å². The molecule has 20 heteroatoms. The zero-order valence-electron chi connectivity index (χ0n) is 41.9. The minimum absolute atomic E-state index is 0.0103. The molecule has 0 aliphatic carbocycles. The summed E-state index contributed by atoms with van der Waals surface area (Å²) in [7, 11) is -18.3. The summed E-state index contributed by atoms with van der Waals surface area (Å²) in [6, 6.07) is 0. The molecule has 6 atom stereocenters. The van der Waals surface area contributed by atoms with Crippen molar-refractivity contribution in [2.24, 2.45) is 5.92 Å². The maximum absolute atomic E-state index is 12.4. The number of hydrogen-bond donors (Lipinski definition) is 3. The summed E-state index contributed by atoms with van der Waals surface area (Å²) >= 11 is 0. The summed E-state index contributed by atoms with van der Waals surface area (Å²) in [6.07, 6.45) is 46.3. The summed E-state index contributed by atoms with van der Waals surface area (Å²) in [6.45, 7) is 5.18. The average molecular weight is 1040 g/mol. The quantitative estimate of drug-likeness (QED) is 0.0223. The maximum atomic E-state index is 12.4. The van der Waals surface area contributed by atoms with Crippen LogP contribution in [0.3, 0.4) is 0 Å². The van der Waals surface area contributed by atoms with Gasteiger partial charge in [-0.05, 0) is 43.1 Å². The molecular weight excluding hydrogens is 944 g/mol. The van der Waals surface area contributed by atoms with Crippen LogP contribution < -0.4 is 0 Å². The standard InChI is InChI=1S/C47H96O16P4/c1-3-47(45-55-47)41-37-33-29-25-21-17-13-9-5-7-10-14-18-22-26-30-34-38-42-56-64(48,49)62-65(50,51)58-44-46(2)40-36-32-28-24-20-16-12-8-4-6-11-15-19-23-27-31-35-39-43-57-67(54)61-59-60-66(52,53)63-67/h46H,3-45H2,1-2H3,(H,48,49)(H,50,51)(H,52,53). The van der Waals surface area contributed by atoms with Crippen molar-refractivity contribution in [2.45, 2.75) is 270 Å². The van der Waals surface area contributed by atoms with Crippen LogP contribution >= 0.6 is 31.3 Å². The van der Waals surface area contributed by atoms with Crippen LogP contribution in [0.2, 0.25) is 0 Å². The van der Waals surface area contributed by atoms with E-state index in [0.717, 1.165) is 70.8 Å². The highest BCUT2D eigenvalue weighted by Gasteiger charge is 2.46. The van der Waals surface area contributed by atoms with E-state index < -0.39 is 31.3 Å². The zero-order valence-corrected chi connectivity index (χ0v) is 45.5. The van der Waals surface area contributed by atoms with Crippen LogP contribution in [0, 0.1) is 5.92 Å². The highest BCUT2D eigenvalue weighted by Crippen LogP contribution is 2.67. The van der Waals surface area contributed by atoms with Crippen molar-refractivity contribution < 1.29 is 74.3 Å². The molecule has 3 N–H and O–H groups in total. The van der Waals surface area contributed by atoms with Gasteiger partial charge in [-0.25, -0.2) is 18.3 Å². The van der Waals surface area contributed by atoms with E-state index in [1.807, 2.05) is 6.92 Å². The minimum Gasteiger partial charge on any atom is -0.370 e. The molecule has 0 spiro atoms. The first-order valence-electron chi connectivity index (χ1n) is 26.8. The molecule has 0 radical (unpaired) electrons. The van der Waals surface area contributed by atoms with Crippen molar-refractivity contribution in [3.05, 3.63) is 0 Å². The lowest BCUT2D eigenvalue weighted by Gasteiger charge is -2.21. The molecule has 2 aliphatic heterocycles. The van der Waals surface area contributed by atoms with Gasteiger partial charge in [0, 0.05) is 0 Å². The van der Waals surface area contributed by atoms with Gasteiger partial charge in [0.25, 0.3) is 0 Å². The second kappa shape index (κ2) is 39.0. The second-order valence-electron chi connectivity index (χ2n) is 19.4. The van der Waals surface area contributed by atoms with Crippen molar-refractivity contribution >= 4 is 31.3 Å². The van der Waals surface area contributed by atoms with Gasteiger partial charge in [0.15, 0.2) is 0 Å². The van der Waals surface area contributed by atoms with Gasteiger partial charge in [-0.1, -0.05) is 242 Å². The van der Waals surface area contributed by atoms with E-state index in [9.17, 15) is 28.0 Å². The number of phosphoric acid groups is 4. The molecule has 400 valence electrons. The second-order valence-corrected chi connectivity index (χ2v) is 25.5. The number of ether oxygens (including phenoxy) is 1. The van der Waals surface area contributed by atoms with Crippen LogP contribution in [0.4, 0.5) is 0 Å². The fourth-order valence-corrected chi connectivity index (χ4v) is 12.9. The highest BCUT2D eigenvalue weighted by molar-refractivity contribution is 7.62. The van der Waals surface area contributed by atoms with Gasteiger partial charge in [0.2, 0.25) is 0 Å². The van der Waals surface area contributed by atoms with E-state index >= 15 is 0 Å². The van der Waals surface area contributed by atoms with Crippen LogP contribution in [0.1, 0.15) is 264 Å². The van der Waals surface area contributed by atoms with E-state index in [4.69, 9.17) is 23.2 Å². The Morgan fingerprint density at radius 2 is 0.896 bits per heavy atom. The molecule has 67 heavy (non-hydrogen) atoms. The molecule has 0 aromatic rings. The Morgan fingerprint density at radius 3 is 1.28 bits per heavy atom. The minimum atomic E-state index is -4.73. The summed E-state index contributed by atoms with van der Waals surface area (Å²) < 4.78 is 85.3. The molecule has 0 saturated carbocycles. The van der Waals surface area contributed by atoms with Crippen LogP contribution in [0.25, 0.3) is 0 Å². The average Bonchev–Trinajstić information content (AvgIpc) is 4.06. The van der Waals surface area contributed by atoms with Gasteiger partial charge >= 0.3 is 31.3 Å². The normalized spacial score (nSPS) is 23.0. The van der Waals surface area contributed by atoms with Crippen LogP contribution in [-0.2, 0) is 59.6 Å². The molecule has 0 amide bonds. The first kappa shape index (κ1) is 63.6. The van der Waals surface area contributed by atoms with E-state index in [2.05, 4.69) is 29.9 Å². The van der Waals surface area contributed by atoms with Crippen molar-refractivity contribution in [2.75, 3.05) is 26.4 Å². The summed E-state index contributed by atoms with van der Waals surface area (Å²) in [4.78, 5) is 29.1. The van der Waals surface area contributed by atoms with Gasteiger partial charge in [-0.15, -0.1) is 0 Å². The molecule has 2 saturated heterocycles.